The number of fused-ring (bicyclic) bond motifs is 3. The molecule has 0 saturated carbocycles. The lowest BCUT2D eigenvalue weighted by Gasteiger charge is -2.18. The zero-order valence-electron chi connectivity index (χ0n) is 21.7. The van der Waals surface area contributed by atoms with Crippen LogP contribution in [0.5, 0.6) is 5.75 Å². The summed E-state index contributed by atoms with van der Waals surface area (Å²) in [6, 6.07) is 5.96. The molecular formula is C30H46O4. The van der Waals surface area contributed by atoms with Gasteiger partial charge in [0.15, 0.2) is 6.10 Å². The molecule has 1 aliphatic carbocycles. The Morgan fingerprint density at radius 2 is 1.53 bits per heavy atom. The summed E-state index contributed by atoms with van der Waals surface area (Å²) in [5.41, 5.74) is 2.24. The van der Waals surface area contributed by atoms with E-state index in [2.05, 4.69) is 13.0 Å². The zero-order valence-corrected chi connectivity index (χ0v) is 21.7. The molecule has 0 aliphatic heterocycles. The fraction of sp³-hybridized carbons (Fsp3) is 0.700. The van der Waals surface area contributed by atoms with E-state index in [4.69, 9.17) is 13.9 Å². The Labute approximate surface area is 206 Å². The van der Waals surface area contributed by atoms with Crippen LogP contribution in [0.4, 0.5) is 0 Å². The maximum Gasteiger partial charge on any atom is 0.347 e. The third-order valence-electron chi connectivity index (χ3n) is 7.07. The fourth-order valence-electron chi connectivity index (χ4n) is 5.11. The number of aryl methyl sites for hydroxylation is 2. The molecule has 4 heteroatoms. The summed E-state index contributed by atoms with van der Waals surface area (Å²) in [7, 11) is 0. The molecule has 0 bridgehead atoms. The maximum atomic E-state index is 12.6. The highest BCUT2D eigenvalue weighted by Gasteiger charge is 2.23. The fourth-order valence-corrected chi connectivity index (χ4v) is 5.11. The molecule has 1 unspecified atom stereocenters. The Balaban J connectivity index is 1.41. The summed E-state index contributed by atoms with van der Waals surface area (Å²) in [5.74, 6) is 1.61. The van der Waals surface area contributed by atoms with Crippen LogP contribution in [0.2, 0.25) is 0 Å². The number of carbonyl (C=O) groups is 1. The van der Waals surface area contributed by atoms with Gasteiger partial charge in [-0.15, -0.1) is 0 Å². The van der Waals surface area contributed by atoms with Gasteiger partial charge in [0, 0.05) is 17.4 Å². The molecule has 0 amide bonds. The number of rotatable bonds is 17. The van der Waals surface area contributed by atoms with E-state index in [0.717, 1.165) is 48.2 Å². The molecule has 0 saturated heterocycles. The van der Waals surface area contributed by atoms with Gasteiger partial charge in [0.1, 0.15) is 17.1 Å². The van der Waals surface area contributed by atoms with Crippen LogP contribution in [0, 0.1) is 0 Å². The summed E-state index contributed by atoms with van der Waals surface area (Å²) in [6.45, 7) is 4.50. The van der Waals surface area contributed by atoms with E-state index < -0.39 is 6.10 Å². The number of esters is 1. The largest absolute Gasteiger partial charge is 0.479 e. The molecule has 3 rings (SSSR count). The van der Waals surface area contributed by atoms with Gasteiger partial charge < -0.3 is 13.9 Å². The molecule has 1 aliphatic rings. The van der Waals surface area contributed by atoms with Crippen molar-refractivity contribution < 1.29 is 18.7 Å². The molecule has 34 heavy (non-hydrogen) atoms. The lowest BCUT2D eigenvalue weighted by molar-refractivity contribution is -0.151. The van der Waals surface area contributed by atoms with Gasteiger partial charge in [0.25, 0.3) is 0 Å². The van der Waals surface area contributed by atoms with E-state index in [1.807, 2.05) is 19.1 Å². The van der Waals surface area contributed by atoms with Gasteiger partial charge in [0.05, 0.1) is 6.61 Å². The van der Waals surface area contributed by atoms with Crippen LogP contribution in [0.1, 0.15) is 121 Å². The van der Waals surface area contributed by atoms with Crippen LogP contribution in [0.3, 0.4) is 0 Å². The van der Waals surface area contributed by atoms with Crippen molar-refractivity contribution in [3.8, 4) is 5.75 Å². The number of furan rings is 1. The van der Waals surface area contributed by atoms with Crippen molar-refractivity contribution in [2.45, 2.75) is 129 Å². The van der Waals surface area contributed by atoms with E-state index >= 15 is 0 Å². The van der Waals surface area contributed by atoms with Gasteiger partial charge in [-0.1, -0.05) is 77.6 Å². The molecular weight excluding hydrogens is 424 g/mol. The number of benzene rings is 1. The topological polar surface area (TPSA) is 48.7 Å². The molecule has 4 nitrogen and oxygen atoms in total. The van der Waals surface area contributed by atoms with Gasteiger partial charge in [-0.2, -0.15) is 0 Å². The van der Waals surface area contributed by atoms with Gasteiger partial charge in [-0.25, -0.2) is 4.79 Å². The quantitative estimate of drug-likeness (QED) is 0.171. The average molecular weight is 471 g/mol. The van der Waals surface area contributed by atoms with Gasteiger partial charge in [-0.3, -0.25) is 0 Å². The predicted octanol–water partition coefficient (Wildman–Crippen LogP) is 8.71. The smallest absolute Gasteiger partial charge is 0.347 e. The summed E-state index contributed by atoms with van der Waals surface area (Å²) >= 11 is 0. The van der Waals surface area contributed by atoms with Crippen molar-refractivity contribution in [2.24, 2.45) is 0 Å². The molecule has 2 aromatic rings. The zero-order chi connectivity index (χ0) is 24.0. The normalized spacial score (nSPS) is 14.2. The van der Waals surface area contributed by atoms with E-state index in [-0.39, 0.29) is 5.97 Å². The van der Waals surface area contributed by atoms with Gasteiger partial charge in [-0.05, 0) is 57.2 Å². The first-order chi connectivity index (χ1) is 16.7. The summed E-state index contributed by atoms with van der Waals surface area (Å²) < 4.78 is 17.5. The Morgan fingerprint density at radius 1 is 0.882 bits per heavy atom. The Bertz CT molecular complexity index is 853. The monoisotopic (exact) mass is 470 g/mol. The first-order valence-corrected chi connectivity index (χ1v) is 14.1. The molecule has 1 atom stereocenters. The summed E-state index contributed by atoms with van der Waals surface area (Å²) in [5, 5.41) is 1.14. The first kappa shape index (κ1) is 26.6. The van der Waals surface area contributed by atoms with Crippen molar-refractivity contribution in [1.82, 2.24) is 0 Å². The summed E-state index contributed by atoms with van der Waals surface area (Å²) in [4.78, 5) is 12.6. The minimum absolute atomic E-state index is 0.250. The van der Waals surface area contributed by atoms with Crippen molar-refractivity contribution in [3.63, 3.8) is 0 Å². The molecule has 0 N–H and O–H groups in total. The molecule has 190 valence electrons. The van der Waals surface area contributed by atoms with Gasteiger partial charge in [0.2, 0.25) is 0 Å². The first-order valence-electron chi connectivity index (χ1n) is 14.1. The van der Waals surface area contributed by atoms with E-state index in [0.29, 0.717) is 13.0 Å². The SMILES string of the molecule is CCCCCCCCCCCCCCC(Oc1ccc2oc3c(c2c1)CCCC3)C(=O)OCC. The third kappa shape index (κ3) is 8.36. The minimum atomic E-state index is -0.539. The number of hydrogen-bond acceptors (Lipinski definition) is 4. The number of unbranched alkanes of at least 4 members (excludes halogenated alkanes) is 11. The minimum Gasteiger partial charge on any atom is -0.479 e. The predicted molar refractivity (Wildman–Crippen MR) is 140 cm³/mol. The van der Waals surface area contributed by atoms with E-state index in [1.165, 1.54) is 82.6 Å². The van der Waals surface area contributed by atoms with Crippen LogP contribution in [-0.2, 0) is 22.4 Å². The van der Waals surface area contributed by atoms with Crippen LogP contribution >= 0.6 is 0 Å². The Kier molecular flexibility index (Phi) is 11.8. The standard InChI is InChI=1S/C30H46O4/c1-3-5-6-7-8-9-10-11-12-13-14-15-20-29(30(31)32-4-2)33-24-21-22-28-26(23-24)25-18-16-17-19-27(25)34-28/h21-23,29H,3-20H2,1-2H3. The van der Waals surface area contributed by atoms with Crippen molar-refractivity contribution in [3.05, 3.63) is 29.5 Å². The second-order valence-electron chi connectivity index (χ2n) is 9.91. The van der Waals surface area contributed by atoms with Crippen LogP contribution < -0.4 is 4.74 Å². The molecule has 0 radical (unpaired) electrons. The molecule has 1 aromatic carbocycles. The molecule has 0 fully saturated rings. The van der Waals surface area contributed by atoms with Crippen molar-refractivity contribution in [1.29, 1.82) is 0 Å². The van der Waals surface area contributed by atoms with Crippen molar-refractivity contribution >= 4 is 16.9 Å². The molecule has 0 spiro atoms. The average Bonchev–Trinajstić information content (AvgIpc) is 3.22. The Hall–Kier alpha value is -1.97. The second kappa shape index (κ2) is 15.1. The number of carbonyl (C=O) groups excluding carboxylic acids is 1. The lowest BCUT2D eigenvalue weighted by atomic mass is 9.96. The van der Waals surface area contributed by atoms with E-state index in [9.17, 15) is 4.79 Å². The second-order valence-corrected chi connectivity index (χ2v) is 9.91. The van der Waals surface area contributed by atoms with Crippen LogP contribution in [-0.4, -0.2) is 18.7 Å². The highest BCUT2D eigenvalue weighted by molar-refractivity contribution is 5.84. The van der Waals surface area contributed by atoms with Crippen LogP contribution in [0.25, 0.3) is 11.0 Å². The number of ether oxygens (including phenoxy) is 2. The Morgan fingerprint density at radius 3 is 2.21 bits per heavy atom. The number of hydrogen-bond donors (Lipinski definition) is 0. The highest BCUT2D eigenvalue weighted by atomic mass is 16.6. The van der Waals surface area contributed by atoms with Crippen molar-refractivity contribution in [2.75, 3.05) is 6.61 Å². The van der Waals surface area contributed by atoms with Crippen LogP contribution in [0.15, 0.2) is 22.6 Å². The van der Waals surface area contributed by atoms with Gasteiger partial charge >= 0.3 is 5.97 Å². The molecule has 1 heterocycles. The lowest BCUT2D eigenvalue weighted by Crippen LogP contribution is -2.29. The van der Waals surface area contributed by atoms with E-state index in [1.54, 1.807) is 0 Å². The maximum absolute atomic E-state index is 12.6. The third-order valence-corrected chi connectivity index (χ3v) is 7.07. The molecule has 1 aromatic heterocycles. The highest BCUT2D eigenvalue weighted by Crippen LogP contribution is 2.34. The summed E-state index contributed by atoms with van der Waals surface area (Å²) in [6.07, 6.45) is 20.3.